The van der Waals surface area contributed by atoms with Crippen molar-refractivity contribution in [1.29, 1.82) is 0 Å². The number of carboxylic acids is 1. The highest BCUT2D eigenvalue weighted by Crippen LogP contribution is 2.39. The predicted molar refractivity (Wildman–Crippen MR) is 110 cm³/mol. The second-order valence-corrected chi connectivity index (χ2v) is 6.86. The van der Waals surface area contributed by atoms with Crippen LogP contribution >= 0.6 is 0 Å². The van der Waals surface area contributed by atoms with E-state index in [1.807, 2.05) is 5.32 Å². The van der Waals surface area contributed by atoms with Gasteiger partial charge in [0.2, 0.25) is 11.8 Å². The van der Waals surface area contributed by atoms with Crippen molar-refractivity contribution in [3.05, 3.63) is 62.7 Å². The Morgan fingerprint density at radius 3 is 1.80 bits per heavy atom. The lowest BCUT2D eigenvalue weighted by Crippen LogP contribution is -2.15. The molecule has 0 aliphatic rings. The Kier molecular flexibility index (Phi) is 8.94. The zero-order valence-electron chi connectivity index (χ0n) is 18.1. The quantitative estimate of drug-likeness (QED) is 0.293. The van der Waals surface area contributed by atoms with Gasteiger partial charge >= 0.3 is 18.3 Å². The fourth-order valence-electron chi connectivity index (χ4n) is 2.56. The molecular formula is C20H17F6N3O6. The Morgan fingerprint density at radius 2 is 1.40 bits per heavy atom. The second-order valence-electron chi connectivity index (χ2n) is 6.86. The zero-order chi connectivity index (χ0) is 27.3. The monoisotopic (exact) mass is 509 g/mol. The summed E-state index contributed by atoms with van der Waals surface area (Å²) in [4.78, 5) is 41.7. The van der Waals surface area contributed by atoms with Crippen LogP contribution in [0.2, 0.25) is 0 Å². The molecule has 0 heterocycles. The third-order valence-electron chi connectivity index (χ3n) is 4.05. The SMILES string of the molecule is CC(=O)Nc1cc(C(F)(F)F)c([N+](=O)[O-])cc1C(=O)O.CC(=O)Nc1cc(C(F)(F)F)ccc1C. The summed E-state index contributed by atoms with van der Waals surface area (Å²) >= 11 is 0. The minimum Gasteiger partial charge on any atom is -0.478 e. The molecule has 0 saturated carbocycles. The molecule has 2 amide bonds. The molecule has 9 nitrogen and oxygen atoms in total. The first-order chi connectivity index (χ1) is 15.8. The number of nitrogens with zero attached hydrogens (tertiary/aromatic N) is 1. The summed E-state index contributed by atoms with van der Waals surface area (Å²) in [7, 11) is 0. The van der Waals surface area contributed by atoms with Gasteiger partial charge in [-0.1, -0.05) is 6.07 Å². The van der Waals surface area contributed by atoms with E-state index in [1.54, 1.807) is 6.92 Å². The van der Waals surface area contributed by atoms with E-state index in [9.17, 15) is 50.8 Å². The van der Waals surface area contributed by atoms with E-state index in [2.05, 4.69) is 5.32 Å². The highest BCUT2D eigenvalue weighted by Gasteiger charge is 2.40. The number of benzene rings is 2. The van der Waals surface area contributed by atoms with Crippen molar-refractivity contribution in [3.63, 3.8) is 0 Å². The number of rotatable bonds is 4. The highest BCUT2D eigenvalue weighted by molar-refractivity contribution is 6.00. The van der Waals surface area contributed by atoms with Gasteiger partial charge in [0, 0.05) is 25.6 Å². The molecule has 0 spiro atoms. The average molecular weight is 509 g/mol. The maximum absolute atomic E-state index is 12.7. The standard InChI is InChI=1S/C10H7F3N2O5.C10H10F3NO/c1-4(16)14-7-3-6(10(11,12)13)8(15(19)20)2-5(7)9(17)18;1-6-3-4-8(10(11,12)13)5-9(6)14-7(2)15/h2-3H,1H3,(H,14,16)(H,17,18);3-5H,1-2H3,(H,14,15). The van der Waals surface area contributed by atoms with Gasteiger partial charge < -0.3 is 15.7 Å². The van der Waals surface area contributed by atoms with Gasteiger partial charge in [-0.25, -0.2) is 4.79 Å². The lowest BCUT2D eigenvalue weighted by atomic mass is 10.1. The molecule has 0 fully saturated rings. The second kappa shape index (κ2) is 10.8. The molecule has 0 saturated heterocycles. The number of aryl methyl sites for hydroxylation is 1. The van der Waals surface area contributed by atoms with Crippen LogP contribution in [0.3, 0.4) is 0 Å². The zero-order valence-corrected chi connectivity index (χ0v) is 18.1. The number of carbonyl (C=O) groups is 3. The number of carbonyl (C=O) groups excluding carboxylic acids is 2. The van der Waals surface area contributed by atoms with Crippen LogP contribution in [0.25, 0.3) is 0 Å². The molecule has 3 N–H and O–H groups in total. The number of amides is 2. The van der Waals surface area contributed by atoms with Gasteiger partial charge in [-0.15, -0.1) is 0 Å². The van der Waals surface area contributed by atoms with Gasteiger partial charge in [0.15, 0.2) is 0 Å². The molecule has 2 aromatic rings. The van der Waals surface area contributed by atoms with Crippen molar-refractivity contribution in [2.75, 3.05) is 10.6 Å². The van der Waals surface area contributed by atoms with Crippen LogP contribution in [-0.2, 0) is 21.9 Å². The van der Waals surface area contributed by atoms with Gasteiger partial charge in [0.25, 0.3) is 5.69 Å². The summed E-state index contributed by atoms with van der Waals surface area (Å²) in [5.74, 6) is -2.91. The molecule has 2 aromatic carbocycles. The summed E-state index contributed by atoms with van der Waals surface area (Å²) in [6.45, 7) is 3.84. The molecule has 0 radical (unpaired) electrons. The molecule has 190 valence electrons. The summed E-state index contributed by atoms with van der Waals surface area (Å²) in [6.07, 6.45) is -9.45. The number of hydrogen-bond acceptors (Lipinski definition) is 5. The smallest absolute Gasteiger partial charge is 0.423 e. The van der Waals surface area contributed by atoms with E-state index < -0.39 is 63.1 Å². The van der Waals surface area contributed by atoms with E-state index in [0.717, 1.165) is 19.1 Å². The maximum atomic E-state index is 12.7. The molecule has 0 aliphatic carbocycles. The van der Waals surface area contributed by atoms with Crippen LogP contribution in [0.5, 0.6) is 0 Å². The molecule has 15 heteroatoms. The molecule has 35 heavy (non-hydrogen) atoms. The van der Waals surface area contributed by atoms with Crippen molar-refractivity contribution < 1.29 is 50.8 Å². The minimum atomic E-state index is -5.06. The van der Waals surface area contributed by atoms with Crippen LogP contribution in [0.1, 0.15) is 40.9 Å². The lowest BCUT2D eigenvalue weighted by molar-refractivity contribution is -0.388. The third kappa shape index (κ3) is 8.28. The van der Waals surface area contributed by atoms with E-state index in [1.165, 1.54) is 13.0 Å². The normalized spacial score (nSPS) is 11.1. The Labute approximate surface area is 192 Å². The van der Waals surface area contributed by atoms with Gasteiger partial charge in [-0.05, 0) is 30.7 Å². The number of halogens is 6. The van der Waals surface area contributed by atoms with Crippen molar-refractivity contribution in [2.45, 2.75) is 33.1 Å². The molecule has 0 atom stereocenters. The third-order valence-corrected chi connectivity index (χ3v) is 4.05. The number of hydrogen-bond donors (Lipinski definition) is 3. The maximum Gasteiger partial charge on any atom is 0.423 e. The Bertz CT molecular complexity index is 1160. The Balaban J connectivity index is 0.000000365. The number of carboxylic acid groups (broad SMARTS) is 1. The molecule has 0 aromatic heterocycles. The number of nitro benzene ring substituents is 1. The van der Waals surface area contributed by atoms with Crippen molar-refractivity contribution >= 4 is 34.8 Å². The first-order valence-corrected chi connectivity index (χ1v) is 9.20. The van der Waals surface area contributed by atoms with Crippen molar-refractivity contribution in [2.24, 2.45) is 0 Å². The van der Waals surface area contributed by atoms with Gasteiger partial charge in [0.1, 0.15) is 5.56 Å². The van der Waals surface area contributed by atoms with Crippen LogP contribution in [-0.4, -0.2) is 27.8 Å². The molecule has 0 aliphatic heterocycles. The van der Waals surface area contributed by atoms with Crippen LogP contribution in [0.15, 0.2) is 30.3 Å². The summed E-state index contributed by atoms with van der Waals surface area (Å²) in [5.41, 5.74) is -4.49. The molecular weight excluding hydrogens is 492 g/mol. The molecule has 0 bridgehead atoms. The molecule has 0 unspecified atom stereocenters. The van der Waals surface area contributed by atoms with E-state index in [4.69, 9.17) is 5.11 Å². The highest BCUT2D eigenvalue weighted by atomic mass is 19.4. The van der Waals surface area contributed by atoms with Crippen LogP contribution in [0, 0.1) is 17.0 Å². The van der Waals surface area contributed by atoms with Crippen LogP contribution in [0.4, 0.5) is 43.4 Å². The lowest BCUT2D eigenvalue weighted by Gasteiger charge is -2.12. The fraction of sp³-hybridized carbons (Fsp3) is 0.250. The van der Waals surface area contributed by atoms with E-state index in [-0.39, 0.29) is 17.8 Å². The van der Waals surface area contributed by atoms with Gasteiger partial charge in [0.05, 0.1) is 21.7 Å². The summed E-state index contributed by atoms with van der Waals surface area (Å²) < 4.78 is 75.1. The van der Waals surface area contributed by atoms with Gasteiger partial charge in [-0.3, -0.25) is 19.7 Å². The predicted octanol–water partition coefficient (Wildman–Crippen LogP) is 5.24. The number of aromatic carboxylic acids is 1. The largest absolute Gasteiger partial charge is 0.478 e. The van der Waals surface area contributed by atoms with Crippen molar-refractivity contribution in [3.8, 4) is 0 Å². The topological polar surface area (TPSA) is 139 Å². The Hall–Kier alpha value is -4.17. The fourth-order valence-corrected chi connectivity index (χ4v) is 2.56. The molecule has 2 rings (SSSR count). The number of nitrogens with one attached hydrogen (secondary N) is 2. The van der Waals surface area contributed by atoms with E-state index >= 15 is 0 Å². The Morgan fingerprint density at radius 1 is 0.886 bits per heavy atom. The number of nitro groups is 1. The number of alkyl halides is 6. The van der Waals surface area contributed by atoms with E-state index in [0.29, 0.717) is 5.56 Å². The first-order valence-electron chi connectivity index (χ1n) is 9.20. The summed E-state index contributed by atoms with van der Waals surface area (Å²) in [6, 6.07) is 3.73. The average Bonchev–Trinajstić information content (AvgIpc) is 2.67. The summed E-state index contributed by atoms with van der Waals surface area (Å²) in [5, 5.41) is 23.7. The van der Waals surface area contributed by atoms with Crippen molar-refractivity contribution in [1.82, 2.24) is 0 Å². The first kappa shape index (κ1) is 28.9. The minimum absolute atomic E-state index is 0.192. The van der Waals surface area contributed by atoms with Gasteiger partial charge in [-0.2, -0.15) is 26.3 Å². The van der Waals surface area contributed by atoms with Crippen LogP contribution < -0.4 is 10.6 Å². The number of anilines is 2.